The van der Waals surface area contributed by atoms with Crippen molar-refractivity contribution in [3.8, 4) is 0 Å². The Morgan fingerprint density at radius 2 is 2.11 bits per heavy atom. The van der Waals surface area contributed by atoms with E-state index in [-0.39, 0.29) is 36.4 Å². The molecule has 2 fully saturated rings. The summed E-state index contributed by atoms with van der Waals surface area (Å²) in [6.07, 6.45) is 4.28. The average Bonchev–Trinajstić information content (AvgIpc) is 3.11. The van der Waals surface area contributed by atoms with Crippen molar-refractivity contribution in [2.75, 3.05) is 13.2 Å². The Labute approximate surface area is 108 Å². The number of carbonyl (C=O) groups is 2. The molecule has 102 valence electrons. The Morgan fingerprint density at radius 1 is 1.39 bits per heavy atom. The van der Waals surface area contributed by atoms with Crippen LogP contribution in [0.2, 0.25) is 0 Å². The summed E-state index contributed by atoms with van der Waals surface area (Å²) >= 11 is 0. The average molecular weight is 254 g/mol. The minimum atomic E-state index is -0.321. The molecule has 18 heavy (non-hydrogen) atoms. The third-order valence-corrected chi connectivity index (χ3v) is 3.82. The number of hydrogen-bond acceptors (Lipinski definition) is 3. The molecule has 2 N–H and O–H groups in total. The van der Waals surface area contributed by atoms with E-state index in [1.807, 2.05) is 6.92 Å². The largest absolute Gasteiger partial charge is 0.394 e. The molecule has 1 aliphatic carbocycles. The number of carbonyl (C=O) groups excluding carboxylic acids is 2. The van der Waals surface area contributed by atoms with Crippen molar-refractivity contribution in [3.63, 3.8) is 0 Å². The van der Waals surface area contributed by atoms with Gasteiger partial charge >= 0.3 is 0 Å². The highest BCUT2D eigenvalue weighted by Crippen LogP contribution is 2.33. The fraction of sp³-hybridized carbons (Fsp3) is 0.846. The third-order valence-electron chi connectivity index (χ3n) is 3.82. The summed E-state index contributed by atoms with van der Waals surface area (Å²) in [5.74, 6) is 0.199. The van der Waals surface area contributed by atoms with Crippen molar-refractivity contribution in [3.05, 3.63) is 0 Å². The first-order chi connectivity index (χ1) is 8.67. The van der Waals surface area contributed by atoms with Crippen LogP contribution in [0.1, 0.15) is 39.0 Å². The molecule has 0 aromatic carbocycles. The molecule has 0 radical (unpaired) electrons. The van der Waals surface area contributed by atoms with Crippen LogP contribution in [0.25, 0.3) is 0 Å². The first-order valence-electron chi connectivity index (χ1n) is 6.89. The van der Waals surface area contributed by atoms with Crippen LogP contribution in [0.5, 0.6) is 0 Å². The van der Waals surface area contributed by atoms with Crippen molar-refractivity contribution in [1.82, 2.24) is 10.2 Å². The standard InChI is InChI=1S/C13H22N2O3/c1-2-10(8-16)14-12(17)11-4-3-7-15(11)13(18)9-5-6-9/h9-11,16H,2-8H2,1H3,(H,14,17)/t10-,11?/m1/s1. The Kier molecular flexibility index (Phi) is 4.22. The SMILES string of the molecule is CC[C@H](CO)NC(=O)C1CCCN1C(=O)C1CC1. The number of nitrogens with one attached hydrogen (secondary N) is 1. The van der Waals surface area contributed by atoms with Gasteiger partial charge in [-0.25, -0.2) is 0 Å². The van der Waals surface area contributed by atoms with Gasteiger partial charge in [-0.2, -0.15) is 0 Å². The topological polar surface area (TPSA) is 69.6 Å². The lowest BCUT2D eigenvalue weighted by molar-refractivity contribution is -0.139. The molecule has 2 aliphatic rings. The molecule has 1 unspecified atom stereocenters. The van der Waals surface area contributed by atoms with Crippen LogP contribution in [-0.2, 0) is 9.59 Å². The number of aliphatic hydroxyl groups excluding tert-OH is 1. The Hall–Kier alpha value is -1.10. The monoisotopic (exact) mass is 254 g/mol. The van der Waals surface area contributed by atoms with Crippen LogP contribution in [0.15, 0.2) is 0 Å². The van der Waals surface area contributed by atoms with Gasteiger partial charge in [0.15, 0.2) is 0 Å². The number of likely N-dealkylation sites (tertiary alicyclic amines) is 1. The second-order valence-electron chi connectivity index (χ2n) is 5.26. The molecule has 0 spiro atoms. The second-order valence-corrected chi connectivity index (χ2v) is 5.26. The highest BCUT2D eigenvalue weighted by molar-refractivity contribution is 5.90. The van der Waals surface area contributed by atoms with E-state index < -0.39 is 0 Å². The minimum Gasteiger partial charge on any atom is -0.394 e. The maximum atomic E-state index is 12.1. The Morgan fingerprint density at radius 3 is 2.67 bits per heavy atom. The van der Waals surface area contributed by atoms with Gasteiger partial charge in [0.1, 0.15) is 6.04 Å². The molecule has 2 rings (SSSR count). The zero-order valence-corrected chi connectivity index (χ0v) is 10.9. The van der Waals surface area contributed by atoms with Crippen molar-refractivity contribution >= 4 is 11.8 Å². The fourth-order valence-corrected chi connectivity index (χ4v) is 2.44. The van der Waals surface area contributed by atoms with Gasteiger partial charge in [0.2, 0.25) is 11.8 Å². The third kappa shape index (κ3) is 2.83. The minimum absolute atomic E-state index is 0.0501. The van der Waals surface area contributed by atoms with Gasteiger partial charge in [0.05, 0.1) is 12.6 Å². The molecule has 0 bridgehead atoms. The van der Waals surface area contributed by atoms with Gasteiger partial charge in [-0.05, 0) is 32.1 Å². The summed E-state index contributed by atoms with van der Waals surface area (Å²) < 4.78 is 0. The highest BCUT2D eigenvalue weighted by atomic mass is 16.3. The van der Waals surface area contributed by atoms with E-state index in [9.17, 15) is 9.59 Å². The predicted molar refractivity (Wildman–Crippen MR) is 66.8 cm³/mol. The summed E-state index contributed by atoms with van der Waals surface area (Å²) in [5.41, 5.74) is 0. The smallest absolute Gasteiger partial charge is 0.243 e. The summed E-state index contributed by atoms with van der Waals surface area (Å²) in [6.45, 7) is 2.57. The van der Waals surface area contributed by atoms with Gasteiger partial charge in [0.25, 0.3) is 0 Å². The van der Waals surface area contributed by atoms with Crippen LogP contribution in [0.4, 0.5) is 0 Å². The van der Waals surface area contributed by atoms with Gasteiger partial charge < -0.3 is 15.3 Å². The molecule has 1 saturated heterocycles. The zero-order valence-electron chi connectivity index (χ0n) is 10.9. The molecule has 1 heterocycles. The second kappa shape index (κ2) is 5.69. The van der Waals surface area contributed by atoms with Crippen molar-refractivity contribution in [1.29, 1.82) is 0 Å². The van der Waals surface area contributed by atoms with E-state index in [4.69, 9.17) is 5.11 Å². The van der Waals surface area contributed by atoms with E-state index in [0.29, 0.717) is 13.0 Å². The fourth-order valence-electron chi connectivity index (χ4n) is 2.44. The van der Waals surface area contributed by atoms with Gasteiger partial charge in [-0.3, -0.25) is 9.59 Å². The van der Waals surface area contributed by atoms with E-state index in [1.165, 1.54) is 0 Å². The van der Waals surface area contributed by atoms with Crippen LogP contribution in [0.3, 0.4) is 0 Å². The molecule has 1 saturated carbocycles. The van der Waals surface area contributed by atoms with Crippen molar-refractivity contribution in [2.24, 2.45) is 5.92 Å². The first-order valence-corrected chi connectivity index (χ1v) is 6.89. The number of rotatable bonds is 5. The Bertz CT molecular complexity index is 324. The lowest BCUT2D eigenvalue weighted by atomic mass is 10.1. The molecule has 0 aromatic heterocycles. The predicted octanol–water partition coefficient (Wildman–Crippen LogP) is 0.274. The Balaban J connectivity index is 1.93. The number of hydrogen-bond donors (Lipinski definition) is 2. The van der Waals surface area contributed by atoms with Gasteiger partial charge in [0, 0.05) is 12.5 Å². The first kappa shape index (κ1) is 13.3. The highest BCUT2D eigenvalue weighted by Gasteiger charge is 2.40. The molecule has 1 aliphatic heterocycles. The summed E-state index contributed by atoms with van der Waals surface area (Å²) in [7, 11) is 0. The lowest BCUT2D eigenvalue weighted by Crippen LogP contribution is -2.49. The van der Waals surface area contributed by atoms with E-state index >= 15 is 0 Å². The molecular formula is C13H22N2O3. The molecular weight excluding hydrogens is 232 g/mol. The lowest BCUT2D eigenvalue weighted by Gasteiger charge is -2.25. The van der Waals surface area contributed by atoms with Crippen LogP contribution < -0.4 is 5.32 Å². The number of amides is 2. The normalized spacial score (nSPS) is 25.0. The van der Waals surface area contributed by atoms with Gasteiger partial charge in [-0.1, -0.05) is 6.92 Å². The van der Waals surface area contributed by atoms with Crippen molar-refractivity contribution < 1.29 is 14.7 Å². The summed E-state index contributed by atoms with van der Waals surface area (Å²) in [6, 6.07) is -0.519. The van der Waals surface area contributed by atoms with Crippen molar-refractivity contribution in [2.45, 2.75) is 51.1 Å². The molecule has 2 atom stereocenters. The molecule has 2 amide bonds. The number of nitrogens with zero attached hydrogens (tertiary/aromatic N) is 1. The van der Waals surface area contributed by atoms with Gasteiger partial charge in [-0.15, -0.1) is 0 Å². The summed E-state index contributed by atoms with van der Waals surface area (Å²) in [5, 5.41) is 11.9. The van der Waals surface area contributed by atoms with E-state index in [1.54, 1.807) is 4.90 Å². The van der Waals surface area contributed by atoms with Crippen LogP contribution in [0, 0.1) is 5.92 Å². The van der Waals surface area contributed by atoms with Crippen LogP contribution in [-0.4, -0.2) is 47.1 Å². The summed E-state index contributed by atoms with van der Waals surface area (Å²) in [4.78, 5) is 25.9. The maximum Gasteiger partial charge on any atom is 0.243 e. The van der Waals surface area contributed by atoms with Crippen LogP contribution >= 0.6 is 0 Å². The maximum absolute atomic E-state index is 12.1. The molecule has 5 heteroatoms. The van der Waals surface area contributed by atoms with E-state index in [2.05, 4.69) is 5.32 Å². The van der Waals surface area contributed by atoms with E-state index in [0.717, 1.165) is 25.7 Å². The molecule has 5 nitrogen and oxygen atoms in total. The zero-order chi connectivity index (χ0) is 13.1. The molecule has 0 aromatic rings. The number of aliphatic hydroxyl groups is 1. The quantitative estimate of drug-likeness (QED) is 0.740.